The molecule has 6 nitrogen and oxygen atoms in total. The number of halogens is 1. The number of carbonyl (C=O) groups is 2. The molecule has 0 N–H and O–H groups in total. The number of sulfone groups is 1. The van der Waals surface area contributed by atoms with Gasteiger partial charge < -0.3 is 4.55 Å². The van der Waals surface area contributed by atoms with E-state index in [1.807, 2.05) is 0 Å². The second-order valence-corrected chi connectivity index (χ2v) is 10.2. The van der Waals surface area contributed by atoms with Crippen LogP contribution in [0.5, 0.6) is 0 Å². The molecule has 1 unspecified atom stereocenters. The Bertz CT molecular complexity index is 1350. The average molecular weight is 552 g/mol. The minimum atomic E-state index is -3.48. The van der Waals surface area contributed by atoms with Crippen LogP contribution in [-0.4, -0.2) is 25.5 Å². The molecular formula is C26H21ClNaO6S2+. The fourth-order valence-electron chi connectivity index (χ4n) is 2.55. The Kier molecular flexibility index (Phi) is 14.3. The van der Waals surface area contributed by atoms with Gasteiger partial charge in [0.15, 0.2) is 4.90 Å². The summed E-state index contributed by atoms with van der Waals surface area (Å²) in [5.41, 5.74) is 1.11. The Morgan fingerprint density at radius 1 is 0.639 bits per heavy atom. The molecule has 10 heteroatoms. The van der Waals surface area contributed by atoms with E-state index in [0.717, 1.165) is 6.29 Å². The standard InChI is InChI=1S/C13H10O3S.C7H5ClO.C6H6O2S.Na/c14-10-11-6-8-13(9-7-11)17(15,16)12-4-2-1-3-5-12;8-7-3-1-6(5-9)2-4-7;7-9(8)6-4-2-1-3-5-6;/h1-10H;1-5H;1-5,9H;/q;;;+1. The van der Waals surface area contributed by atoms with Gasteiger partial charge in [-0.1, -0.05) is 72.3 Å². The number of rotatable bonds is 5. The monoisotopic (exact) mass is 551 g/mol. The van der Waals surface area contributed by atoms with Gasteiger partial charge in [-0.25, -0.2) is 8.42 Å². The zero-order valence-corrected chi connectivity index (χ0v) is 23.7. The van der Waals surface area contributed by atoms with E-state index in [1.54, 1.807) is 84.9 Å². The molecule has 0 spiro atoms. The van der Waals surface area contributed by atoms with E-state index in [0.29, 0.717) is 27.3 Å². The van der Waals surface area contributed by atoms with E-state index in [4.69, 9.17) is 11.6 Å². The Hall–Kier alpha value is -2.43. The predicted octanol–water partition coefficient (Wildman–Crippen LogP) is 2.36. The fraction of sp³-hybridized carbons (Fsp3) is 0. The SMILES string of the molecule is O=Cc1ccc(Cl)cc1.O=Cc1ccc(S(=O)(=O)c2ccccc2)cc1.O=[SH+]([O-])c1ccccc1.[Na+]. The molecule has 0 fully saturated rings. The van der Waals surface area contributed by atoms with E-state index >= 15 is 0 Å². The van der Waals surface area contributed by atoms with Crippen molar-refractivity contribution in [1.82, 2.24) is 0 Å². The molecule has 0 bridgehead atoms. The van der Waals surface area contributed by atoms with Gasteiger partial charge >= 0.3 is 29.6 Å². The van der Waals surface area contributed by atoms with Crippen LogP contribution in [-0.2, 0) is 25.1 Å². The van der Waals surface area contributed by atoms with Gasteiger partial charge in [0, 0.05) is 16.1 Å². The first kappa shape index (κ1) is 31.6. The molecule has 4 rings (SSSR count). The summed E-state index contributed by atoms with van der Waals surface area (Å²) in [6.45, 7) is 0. The topological polar surface area (TPSA) is 108 Å². The minimum Gasteiger partial charge on any atom is -0.612 e. The van der Waals surface area contributed by atoms with Crippen molar-refractivity contribution in [2.75, 3.05) is 0 Å². The van der Waals surface area contributed by atoms with Crippen LogP contribution in [0.25, 0.3) is 0 Å². The summed E-state index contributed by atoms with van der Waals surface area (Å²) in [7, 11) is -3.48. The van der Waals surface area contributed by atoms with E-state index in [2.05, 4.69) is 0 Å². The Labute approximate surface area is 239 Å². The van der Waals surface area contributed by atoms with Gasteiger partial charge in [-0.15, -0.1) is 4.21 Å². The third-order valence-corrected chi connectivity index (χ3v) is 7.11. The maximum absolute atomic E-state index is 12.1. The van der Waals surface area contributed by atoms with Crippen molar-refractivity contribution >= 4 is 45.1 Å². The Morgan fingerprint density at radius 3 is 1.42 bits per heavy atom. The van der Waals surface area contributed by atoms with Gasteiger partial charge in [-0.3, -0.25) is 9.59 Å². The van der Waals surface area contributed by atoms with Gasteiger partial charge in [-0.05, 0) is 48.5 Å². The molecule has 180 valence electrons. The average Bonchev–Trinajstić information content (AvgIpc) is 2.91. The minimum absolute atomic E-state index is 0. The molecule has 0 saturated carbocycles. The Balaban J connectivity index is 0.000000291. The quantitative estimate of drug-likeness (QED) is 0.163. The molecule has 36 heavy (non-hydrogen) atoms. The van der Waals surface area contributed by atoms with Crippen LogP contribution >= 0.6 is 11.6 Å². The molecule has 0 saturated heterocycles. The number of hydrogen-bond donors (Lipinski definition) is 0. The maximum Gasteiger partial charge on any atom is 1.00 e. The molecule has 4 aromatic carbocycles. The summed E-state index contributed by atoms with van der Waals surface area (Å²) in [6.07, 6.45) is 1.47. The van der Waals surface area contributed by atoms with Gasteiger partial charge in [0.2, 0.25) is 9.84 Å². The second kappa shape index (κ2) is 16.3. The summed E-state index contributed by atoms with van der Waals surface area (Å²) in [6, 6.07) is 29.1. The van der Waals surface area contributed by atoms with Crippen LogP contribution in [0.4, 0.5) is 0 Å². The first-order valence-corrected chi connectivity index (χ1v) is 13.1. The largest absolute Gasteiger partial charge is 1.00 e. The first-order valence-electron chi connectivity index (χ1n) is 10.0. The first-order chi connectivity index (χ1) is 16.8. The number of hydrogen-bond acceptors (Lipinski definition) is 6. The molecule has 0 heterocycles. The summed E-state index contributed by atoms with van der Waals surface area (Å²) in [5, 5.41) is 0.653. The maximum atomic E-state index is 12.1. The normalized spacial score (nSPS) is 10.7. The van der Waals surface area contributed by atoms with Crippen molar-refractivity contribution in [2.45, 2.75) is 14.7 Å². The third-order valence-electron chi connectivity index (χ3n) is 4.35. The van der Waals surface area contributed by atoms with Crippen molar-refractivity contribution in [2.24, 2.45) is 0 Å². The molecule has 0 amide bonds. The van der Waals surface area contributed by atoms with Crippen LogP contribution in [0, 0.1) is 0 Å². The summed E-state index contributed by atoms with van der Waals surface area (Å²) >= 11 is 3.16. The van der Waals surface area contributed by atoms with Gasteiger partial charge in [0.25, 0.3) is 0 Å². The van der Waals surface area contributed by atoms with Crippen LogP contribution in [0.2, 0.25) is 5.02 Å². The van der Waals surface area contributed by atoms with Crippen molar-refractivity contribution in [1.29, 1.82) is 0 Å². The van der Waals surface area contributed by atoms with Crippen molar-refractivity contribution in [3.63, 3.8) is 0 Å². The zero-order valence-electron chi connectivity index (χ0n) is 19.2. The molecule has 0 aliphatic heterocycles. The molecule has 0 aliphatic rings. The zero-order chi connectivity index (χ0) is 25.7. The summed E-state index contributed by atoms with van der Waals surface area (Å²) < 4.78 is 44.8. The number of aldehydes is 2. The molecule has 0 radical (unpaired) electrons. The van der Waals surface area contributed by atoms with Crippen LogP contribution < -0.4 is 29.6 Å². The second-order valence-electron chi connectivity index (χ2n) is 6.77. The van der Waals surface area contributed by atoms with E-state index in [9.17, 15) is 26.8 Å². The Morgan fingerprint density at radius 2 is 1.03 bits per heavy atom. The fourth-order valence-corrected chi connectivity index (χ4v) is 4.38. The van der Waals surface area contributed by atoms with Crippen LogP contribution in [0.15, 0.2) is 124 Å². The van der Waals surface area contributed by atoms with Crippen molar-refractivity contribution < 1.29 is 56.3 Å². The van der Waals surface area contributed by atoms with E-state index in [1.165, 1.54) is 24.3 Å². The van der Waals surface area contributed by atoms with Crippen LogP contribution in [0.3, 0.4) is 0 Å². The summed E-state index contributed by atoms with van der Waals surface area (Å²) in [5.74, 6) is 0. The van der Waals surface area contributed by atoms with Crippen molar-refractivity contribution in [3.8, 4) is 0 Å². The number of carbonyl (C=O) groups excluding carboxylic acids is 2. The van der Waals surface area contributed by atoms with Crippen molar-refractivity contribution in [3.05, 3.63) is 125 Å². The number of benzene rings is 4. The van der Waals surface area contributed by atoms with Gasteiger partial charge in [0.05, 0.1) is 20.9 Å². The molecule has 0 aliphatic carbocycles. The molecule has 4 aromatic rings. The van der Waals surface area contributed by atoms with Gasteiger partial charge in [0.1, 0.15) is 12.6 Å². The van der Waals surface area contributed by atoms with E-state index in [-0.39, 0.29) is 39.3 Å². The third kappa shape index (κ3) is 10.3. The molecule has 1 atom stereocenters. The van der Waals surface area contributed by atoms with Crippen LogP contribution in [0.1, 0.15) is 20.7 Å². The predicted molar refractivity (Wildman–Crippen MR) is 135 cm³/mol. The van der Waals surface area contributed by atoms with E-state index < -0.39 is 20.9 Å². The summed E-state index contributed by atoms with van der Waals surface area (Å²) in [4.78, 5) is 21.4. The van der Waals surface area contributed by atoms with Gasteiger partial charge in [-0.2, -0.15) is 0 Å². The molecular weight excluding hydrogens is 531 g/mol. The number of thiol groups is 1. The smallest absolute Gasteiger partial charge is 0.612 e. The molecule has 0 aromatic heterocycles.